The largest absolute Gasteiger partial charge is 0.449 e. The third kappa shape index (κ3) is 2.67. The molecule has 0 atom stereocenters. The summed E-state index contributed by atoms with van der Waals surface area (Å²) in [4.78, 5) is 17.9. The zero-order chi connectivity index (χ0) is 14.0. The first-order valence-corrected chi connectivity index (χ1v) is 6.85. The summed E-state index contributed by atoms with van der Waals surface area (Å²) in [7, 11) is 1.82. The Labute approximate surface area is 116 Å². The molecule has 1 N–H and O–H groups in total. The second-order valence-electron chi connectivity index (χ2n) is 4.24. The van der Waals surface area contributed by atoms with Crippen LogP contribution in [-0.2, 0) is 11.8 Å². The molecule has 0 spiro atoms. The van der Waals surface area contributed by atoms with Crippen LogP contribution in [0.15, 0.2) is 16.2 Å². The van der Waals surface area contributed by atoms with Crippen molar-refractivity contribution in [2.24, 2.45) is 12.0 Å². The van der Waals surface area contributed by atoms with Gasteiger partial charge in [-0.1, -0.05) is 0 Å². The van der Waals surface area contributed by atoms with E-state index in [4.69, 9.17) is 4.74 Å². The first-order chi connectivity index (χ1) is 9.04. The van der Waals surface area contributed by atoms with E-state index in [1.807, 2.05) is 20.9 Å². The molecule has 19 heavy (non-hydrogen) atoms. The molecule has 7 nitrogen and oxygen atoms in total. The Morgan fingerprint density at radius 1 is 1.63 bits per heavy atom. The van der Waals surface area contributed by atoms with Crippen LogP contribution in [0.5, 0.6) is 0 Å². The Bertz CT molecular complexity index is 511. The lowest BCUT2D eigenvalue weighted by atomic mass is 10.4. The number of carbonyl (C=O) groups excluding carboxylic acids is 1. The molecular formula is C11H17N5O2S. The molecule has 0 unspecified atom stereocenters. The van der Waals surface area contributed by atoms with Crippen LogP contribution in [0.2, 0.25) is 0 Å². The minimum Gasteiger partial charge on any atom is -0.449 e. The van der Waals surface area contributed by atoms with Crippen molar-refractivity contribution in [1.29, 1.82) is 0 Å². The zero-order valence-electron chi connectivity index (χ0n) is 11.4. The van der Waals surface area contributed by atoms with Gasteiger partial charge in [0, 0.05) is 25.0 Å². The monoisotopic (exact) mass is 283 g/mol. The van der Waals surface area contributed by atoms with E-state index in [-0.39, 0.29) is 6.04 Å². The van der Waals surface area contributed by atoms with E-state index in [0.29, 0.717) is 18.3 Å². The van der Waals surface area contributed by atoms with Gasteiger partial charge < -0.3 is 4.74 Å². The van der Waals surface area contributed by atoms with Gasteiger partial charge in [0.1, 0.15) is 10.7 Å². The molecule has 0 saturated heterocycles. The van der Waals surface area contributed by atoms with Gasteiger partial charge in [0.2, 0.25) is 5.96 Å². The summed E-state index contributed by atoms with van der Waals surface area (Å²) < 4.78 is 9.83. The Balaban J connectivity index is 2.42. The first-order valence-electron chi connectivity index (χ1n) is 6.04. The van der Waals surface area contributed by atoms with Gasteiger partial charge in [-0.25, -0.2) is 14.7 Å². The molecule has 0 fully saturated rings. The summed E-state index contributed by atoms with van der Waals surface area (Å²) in [5, 5.41) is 5.00. The number of guanidine groups is 1. The maximum Gasteiger partial charge on any atom is 0.421 e. The molecular weight excluding hydrogens is 266 g/mol. The minimum absolute atomic E-state index is 0.0678. The second-order valence-corrected chi connectivity index (χ2v) is 5.04. The number of anilines is 1. The third-order valence-corrected chi connectivity index (χ3v) is 3.34. The van der Waals surface area contributed by atoms with E-state index in [9.17, 15) is 4.79 Å². The Morgan fingerprint density at radius 3 is 3.00 bits per heavy atom. The average Bonchev–Trinajstić information content (AvgIpc) is 2.70. The molecule has 0 saturated carbocycles. The minimum atomic E-state index is -0.455. The number of hydrogen-bond donors (Lipinski definition) is 1. The molecule has 1 aromatic heterocycles. The smallest absolute Gasteiger partial charge is 0.421 e. The van der Waals surface area contributed by atoms with Crippen molar-refractivity contribution < 1.29 is 9.53 Å². The van der Waals surface area contributed by atoms with Crippen molar-refractivity contribution in [2.45, 2.75) is 31.8 Å². The van der Waals surface area contributed by atoms with Crippen molar-refractivity contribution >= 4 is 29.7 Å². The molecule has 2 rings (SSSR count). The number of amides is 1. The number of fused-ring (bicyclic) bond motifs is 1. The van der Waals surface area contributed by atoms with Crippen molar-refractivity contribution in [1.82, 2.24) is 14.5 Å². The van der Waals surface area contributed by atoms with E-state index in [1.54, 1.807) is 17.8 Å². The summed E-state index contributed by atoms with van der Waals surface area (Å²) in [6.07, 6.45) is 1.18. The lowest BCUT2D eigenvalue weighted by Crippen LogP contribution is -2.46. The molecule has 0 bridgehead atoms. The lowest BCUT2D eigenvalue weighted by molar-refractivity contribution is 0.163. The number of aryl methyl sites for hydroxylation is 1. The molecule has 8 heteroatoms. The van der Waals surface area contributed by atoms with Crippen LogP contribution in [0.4, 0.5) is 10.5 Å². The molecule has 1 aliphatic rings. The van der Waals surface area contributed by atoms with Crippen molar-refractivity contribution in [3.05, 3.63) is 6.20 Å². The lowest BCUT2D eigenvalue weighted by Gasteiger charge is -2.28. The summed E-state index contributed by atoms with van der Waals surface area (Å²) >= 11 is 1.38. The highest BCUT2D eigenvalue weighted by atomic mass is 32.2. The molecule has 0 aromatic carbocycles. The number of nitrogens with zero attached hydrogens (tertiary/aromatic N) is 4. The van der Waals surface area contributed by atoms with Crippen LogP contribution in [0.1, 0.15) is 20.8 Å². The third-order valence-electron chi connectivity index (χ3n) is 2.39. The number of rotatable bonds is 2. The fourth-order valence-electron chi connectivity index (χ4n) is 1.64. The predicted octanol–water partition coefficient (Wildman–Crippen LogP) is 1.76. The summed E-state index contributed by atoms with van der Waals surface area (Å²) in [6, 6.07) is 0.0678. The zero-order valence-corrected chi connectivity index (χ0v) is 12.2. The van der Waals surface area contributed by atoms with Crippen LogP contribution in [0, 0.1) is 0 Å². The van der Waals surface area contributed by atoms with Gasteiger partial charge in [-0.2, -0.15) is 5.10 Å². The van der Waals surface area contributed by atoms with Gasteiger partial charge in [-0.05, 0) is 20.8 Å². The highest BCUT2D eigenvalue weighted by Gasteiger charge is 2.32. The molecule has 2 heterocycles. The molecule has 1 aliphatic heterocycles. The van der Waals surface area contributed by atoms with Crippen LogP contribution in [-0.4, -0.2) is 34.5 Å². The highest BCUT2D eigenvalue weighted by Crippen LogP contribution is 2.32. The second kappa shape index (κ2) is 5.52. The SMILES string of the molecule is CCOC(=O)N1C(=NC(C)C)NSc2c1cnn2C. The molecule has 0 radical (unpaired) electrons. The maximum absolute atomic E-state index is 12.1. The Morgan fingerprint density at radius 2 is 2.37 bits per heavy atom. The standard InChI is InChI=1S/C11H17N5O2S/c1-5-18-11(17)16-8-6-12-15(4)9(8)19-14-10(16)13-7(2)3/h6-7H,5H2,1-4H3,(H,13,14). The molecule has 104 valence electrons. The van der Waals surface area contributed by atoms with Crippen molar-refractivity contribution in [3.63, 3.8) is 0 Å². The van der Waals surface area contributed by atoms with Gasteiger partial charge in [0.25, 0.3) is 0 Å². The van der Waals surface area contributed by atoms with Gasteiger partial charge in [-0.15, -0.1) is 0 Å². The quantitative estimate of drug-likeness (QED) is 0.837. The van der Waals surface area contributed by atoms with Gasteiger partial charge in [0.05, 0.1) is 12.8 Å². The van der Waals surface area contributed by atoms with Crippen molar-refractivity contribution in [2.75, 3.05) is 11.5 Å². The number of hydrogen-bond acceptors (Lipinski definition) is 5. The van der Waals surface area contributed by atoms with E-state index >= 15 is 0 Å². The predicted molar refractivity (Wildman–Crippen MR) is 74.3 cm³/mol. The van der Waals surface area contributed by atoms with Crippen LogP contribution < -0.4 is 9.62 Å². The van der Waals surface area contributed by atoms with Gasteiger partial charge in [-0.3, -0.25) is 9.40 Å². The molecule has 0 aliphatic carbocycles. The maximum atomic E-state index is 12.1. The first kappa shape index (κ1) is 13.7. The fourth-order valence-corrected chi connectivity index (χ4v) is 2.40. The van der Waals surface area contributed by atoms with Crippen LogP contribution in [0.3, 0.4) is 0 Å². The van der Waals surface area contributed by atoms with E-state index in [2.05, 4.69) is 14.8 Å². The normalized spacial score (nSPS) is 16.5. The Kier molecular flexibility index (Phi) is 3.98. The van der Waals surface area contributed by atoms with Gasteiger partial charge in [0.15, 0.2) is 0 Å². The topological polar surface area (TPSA) is 71.8 Å². The average molecular weight is 283 g/mol. The number of aromatic nitrogens is 2. The van der Waals surface area contributed by atoms with E-state index in [1.165, 1.54) is 16.8 Å². The van der Waals surface area contributed by atoms with E-state index in [0.717, 1.165) is 5.03 Å². The highest BCUT2D eigenvalue weighted by molar-refractivity contribution is 7.98. The number of aliphatic imine (C=N–C) groups is 1. The molecule has 1 aromatic rings. The summed E-state index contributed by atoms with van der Waals surface area (Å²) in [5.41, 5.74) is 0.684. The summed E-state index contributed by atoms with van der Waals surface area (Å²) in [5.74, 6) is 0.471. The Hall–Kier alpha value is -1.70. The van der Waals surface area contributed by atoms with E-state index < -0.39 is 6.09 Å². The number of ether oxygens (including phenoxy) is 1. The fraction of sp³-hybridized carbons (Fsp3) is 0.545. The van der Waals surface area contributed by atoms with Crippen molar-refractivity contribution in [3.8, 4) is 0 Å². The molecule has 1 amide bonds. The number of nitrogens with one attached hydrogen (secondary N) is 1. The summed E-state index contributed by atoms with van der Waals surface area (Å²) in [6.45, 7) is 5.98. The van der Waals surface area contributed by atoms with Crippen LogP contribution >= 0.6 is 11.9 Å². The van der Waals surface area contributed by atoms with Crippen LogP contribution in [0.25, 0.3) is 0 Å². The number of carbonyl (C=O) groups is 1. The van der Waals surface area contributed by atoms with Gasteiger partial charge >= 0.3 is 6.09 Å².